The number of amides is 2. The van der Waals surface area contributed by atoms with E-state index in [1.54, 1.807) is 0 Å². The van der Waals surface area contributed by atoms with Gasteiger partial charge in [-0.15, -0.1) is 0 Å². The molecular formula is C23H28N6O2. The van der Waals surface area contributed by atoms with Crippen LogP contribution in [0.3, 0.4) is 0 Å². The highest BCUT2D eigenvalue weighted by atomic mass is 16.2. The first kappa shape index (κ1) is 19.8. The van der Waals surface area contributed by atoms with Gasteiger partial charge in [-0.05, 0) is 62.3 Å². The third kappa shape index (κ3) is 3.71. The van der Waals surface area contributed by atoms with Crippen molar-refractivity contribution >= 4 is 29.3 Å². The second-order valence-electron chi connectivity index (χ2n) is 8.79. The van der Waals surface area contributed by atoms with E-state index in [1.165, 1.54) is 37.3 Å². The number of nitrogens with one attached hydrogen (secondary N) is 3. The van der Waals surface area contributed by atoms with E-state index >= 15 is 0 Å². The molecule has 2 fully saturated rings. The molecule has 2 amide bonds. The minimum absolute atomic E-state index is 0.0259. The molecule has 1 aromatic heterocycles. The Hall–Kier alpha value is -3.16. The van der Waals surface area contributed by atoms with Crippen LogP contribution in [0.4, 0.5) is 17.5 Å². The van der Waals surface area contributed by atoms with Gasteiger partial charge in [-0.3, -0.25) is 9.59 Å². The van der Waals surface area contributed by atoms with Crippen molar-refractivity contribution in [1.29, 1.82) is 0 Å². The lowest BCUT2D eigenvalue weighted by molar-refractivity contribution is -0.134. The summed E-state index contributed by atoms with van der Waals surface area (Å²) in [6, 6.07) is 6.92. The minimum atomic E-state index is -0.187. The molecule has 3 aliphatic rings. The highest BCUT2D eigenvalue weighted by molar-refractivity contribution is 5.85. The van der Waals surface area contributed by atoms with E-state index in [-0.39, 0.29) is 30.4 Å². The van der Waals surface area contributed by atoms with E-state index in [1.807, 2.05) is 24.1 Å². The summed E-state index contributed by atoms with van der Waals surface area (Å²) in [6.07, 6.45) is 7.41. The fourth-order valence-corrected chi connectivity index (χ4v) is 4.83. The molecule has 3 N–H and O–H groups in total. The number of aromatic nitrogens is 2. The highest BCUT2D eigenvalue weighted by Gasteiger charge is 2.46. The molecule has 8 heteroatoms. The van der Waals surface area contributed by atoms with Gasteiger partial charge >= 0.3 is 0 Å². The minimum Gasteiger partial charge on any atom is -0.367 e. The first-order valence-electron chi connectivity index (χ1n) is 11.1. The van der Waals surface area contributed by atoms with Gasteiger partial charge in [0.15, 0.2) is 0 Å². The molecule has 8 nitrogen and oxygen atoms in total. The zero-order valence-corrected chi connectivity index (χ0v) is 17.9. The third-order valence-electron chi connectivity index (χ3n) is 6.64. The summed E-state index contributed by atoms with van der Waals surface area (Å²) in [6.45, 7) is 3.50. The monoisotopic (exact) mass is 420 g/mol. The first-order chi connectivity index (χ1) is 15.0. The number of carbonyl (C=O) groups is 2. The predicted molar refractivity (Wildman–Crippen MR) is 118 cm³/mol. The van der Waals surface area contributed by atoms with Crippen LogP contribution in [0.15, 0.2) is 24.4 Å². The SMILES string of the molecule is CC(=O)NCC(=O)N1C2CCC1c1cc(Nc3ncc(C)c(NC4CCC4)n3)ccc12. The lowest BCUT2D eigenvalue weighted by Gasteiger charge is -2.27. The van der Waals surface area contributed by atoms with Crippen LogP contribution in [0, 0.1) is 6.92 Å². The average Bonchev–Trinajstić information content (AvgIpc) is 3.28. The normalized spacial score (nSPS) is 21.4. The molecule has 2 atom stereocenters. The molecule has 1 aliphatic carbocycles. The zero-order chi connectivity index (χ0) is 21.5. The lowest BCUT2D eigenvalue weighted by atomic mass is 9.91. The highest BCUT2D eigenvalue weighted by Crippen LogP contribution is 2.53. The Morgan fingerprint density at radius 2 is 1.90 bits per heavy atom. The van der Waals surface area contributed by atoms with Gasteiger partial charge in [-0.25, -0.2) is 4.98 Å². The smallest absolute Gasteiger partial charge is 0.242 e. The molecule has 1 saturated heterocycles. The number of carbonyl (C=O) groups excluding carboxylic acids is 2. The summed E-state index contributed by atoms with van der Waals surface area (Å²) in [5.41, 5.74) is 4.34. The summed E-state index contributed by atoms with van der Waals surface area (Å²) >= 11 is 0. The van der Waals surface area contributed by atoms with Crippen LogP contribution < -0.4 is 16.0 Å². The Bertz CT molecular complexity index is 1030. The predicted octanol–water partition coefficient (Wildman–Crippen LogP) is 3.35. The number of nitrogens with zero attached hydrogens (tertiary/aromatic N) is 3. The molecular weight excluding hydrogens is 392 g/mol. The first-order valence-corrected chi connectivity index (χ1v) is 11.1. The van der Waals surface area contributed by atoms with E-state index in [4.69, 9.17) is 0 Å². The quantitative estimate of drug-likeness (QED) is 0.663. The van der Waals surface area contributed by atoms with Crippen molar-refractivity contribution in [3.8, 4) is 0 Å². The Morgan fingerprint density at radius 3 is 2.61 bits per heavy atom. The Labute approximate surface area is 181 Å². The Morgan fingerprint density at radius 1 is 1.13 bits per heavy atom. The second kappa shape index (κ2) is 7.83. The summed E-state index contributed by atoms with van der Waals surface area (Å²) < 4.78 is 0. The molecule has 0 spiro atoms. The third-order valence-corrected chi connectivity index (χ3v) is 6.64. The molecule has 0 radical (unpaired) electrons. The summed E-state index contributed by atoms with van der Waals surface area (Å²) in [5, 5.41) is 9.47. The number of fused-ring (bicyclic) bond motifs is 5. The number of aryl methyl sites for hydroxylation is 1. The summed E-state index contributed by atoms with van der Waals surface area (Å²) in [7, 11) is 0. The van der Waals surface area contributed by atoms with Crippen LogP contribution in [-0.4, -0.2) is 39.3 Å². The lowest BCUT2D eigenvalue weighted by Crippen LogP contribution is -2.37. The van der Waals surface area contributed by atoms with E-state index in [0.717, 1.165) is 29.9 Å². The largest absolute Gasteiger partial charge is 0.367 e. The van der Waals surface area contributed by atoms with Crippen molar-refractivity contribution in [2.75, 3.05) is 17.2 Å². The number of benzene rings is 1. The van der Waals surface area contributed by atoms with E-state index in [9.17, 15) is 9.59 Å². The van der Waals surface area contributed by atoms with Crippen LogP contribution in [-0.2, 0) is 9.59 Å². The maximum absolute atomic E-state index is 12.7. The van der Waals surface area contributed by atoms with E-state index < -0.39 is 0 Å². The zero-order valence-electron chi connectivity index (χ0n) is 17.9. The van der Waals surface area contributed by atoms with Crippen molar-refractivity contribution in [3.05, 3.63) is 41.1 Å². The van der Waals surface area contributed by atoms with Gasteiger partial charge in [0.05, 0.1) is 18.6 Å². The molecule has 162 valence electrons. The molecule has 2 aliphatic heterocycles. The molecule has 3 heterocycles. The van der Waals surface area contributed by atoms with Crippen LogP contribution in [0.5, 0.6) is 0 Å². The fourth-order valence-electron chi connectivity index (χ4n) is 4.83. The van der Waals surface area contributed by atoms with Gasteiger partial charge < -0.3 is 20.9 Å². The maximum Gasteiger partial charge on any atom is 0.242 e. The molecule has 1 saturated carbocycles. The summed E-state index contributed by atoms with van der Waals surface area (Å²) in [4.78, 5) is 35.0. The van der Waals surface area contributed by atoms with Gasteiger partial charge in [-0.1, -0.05) is 6.07 Å². The Kier molecular flexibility index (Phi) is 5.00. The van der Waals surface area contributed by atoms with Crippen LogP contribution >= 0.6 is 0 Å². The van der Waals surface area contributed by atoms with Gasteiger partial charge in [0, 0.05) is 30.4 Å². The maximum atomic E-state index is 12.7. The standard InChI is InChI=1S/C23H28N6O2/c1-13-11-25-23(28-22(13)26-15-4-3-5-15)27-16-6-7-17-18(10-16)20-9-8-19(17)29(20)21(31)12-24-14(2)30/h6-7,10-11,15,19-20H,3-5,8-9,12H2,1-2H3,(H,24,30)(H2,25,26,27,28). The molecule has 5 rings (SSSR count). The molecule has 2 bridgehead atoms. The van der Waals surface area contributed by atoms with Crippen LogP contribution in [0.25, 0.3) is 0 Å². The van der Waals surface area contributed by atoms with Gasteiger partial charge in [0.2, 0.25) is 17.8 Å². The van der Waals surface area contributed by atoms with E-state index in [0.29, 0.717) is 12.0 Å². The van der Waals surface area contributed by atoms with Crippen LogP contribution in [0.1, 0.15) is 67.8 Å². The van der Waals surface area contributed by atoms with Crippen molar-refractivity contribution in [3.63, 3.8) is 0 Å². The summed E-state index contributed by atoms with van der Waals surface area (Å²) in [5.74, 6) is 1.24. The van der Waals surface area contributed by atoms with Crippen molar-refractivity contribution in [2.45, 2.75) is 64.1 Å². The second-order valence-corrected chi connectivity index (χ2v) is 8.79. The van der Waals surface area contributed by atoms with E-state index in [2.05, 4.69) is 38.1 Å². The van der Waals surface area contributed by atoms with Crippen molar-refractivity contribution in [1.82, 2.24) is 20.2 Å². The van der Waals surface area contributed by atoms with Crippen molar-refractivity contribution < 1.29 is 9.59 Å². The number of anilines is 3. The molecule has 1 aromatic carbocycles. The number of hydrogen-bond acceptors (Lipinski definition) is 6. The molecule has 31 heavy (non-hydrogen) atoms. The average molecular weight is 421 g/mol. The van der Waals surface area contributed by atoms with Crippen LogP contribution in [0.2, 0.25) is 0 Å². The number of rotatable bonds is 6. The molecule has 2 aromatic rings. The topological polar surface area (TPSA) is 99.3 Å². The fraction of sp³-hybridized carbons (Fsp3) is 0.478. The number of hydrogen-bond donors (Lipinski definition) is 3. The van der Waals surface area contributed by atoms with Gasteiger partial charge in [0.1, 0.15) is 5.82 Å². The Balaban J connectivity index is 1.33. The van der Waals surface area contributed by atoms with Gasteiger partial charge in [0.25, 0.3) is 0 Å². The van der Waals surface area contributed by atoms with Crippen molar-refractivity contribution in [2.24, 2.45) is 0 Å². The van der Waals surface area contributed by atoms with Gasteiger partial charge in [-0.2, -0.15) is 4.98 Å². The molecule has 2 unspecified atom stereocenters.